The Balaban J connectivity index is 2.11. The van der Waals surface area contributed by atoms with E-state index >= 15 is 0 Å². The lowest BCUT2D eigenvalue weighted by molar-refractivity contribution is -0.383. The molecule has 8 heteroatoms. The van der Waals surface area contributed by atoms with Gasteiger partial charge >= 0.3 is 0 Å². The van der Waals surface area contributed by atoms with Crippen LogP contribution in [-0.2, 0) is 0 Å². The Labute approximate surface area is 167 Å². The molecule has 0 aromatic heterocycles. The number of nitro groups is 1. The minimum absolute atomic E-state index is 0.0935. The minimum atomic E-state index is -0.564. The number of halogens is 2. The lowest BCUT2D eigenvalue weighted by Gasteiger charge is -2.12. The summed E-state index contributed by atoms with van der Waals surface area (Å²) in [5.74, 6) is -0.223. The molecular weight excluding hydrogens is 391 g/mol. The highest BCUT2D eigenvalue weighted by molar-refractivity contribution is 6.37. The van der Waals surface area contributed by atoms with Crippen molar-refractivity contribution in [1.29, 1.82) is 0 Å². The average Bonchev–Trinajstić information content (AvgIpc) is 2.63. The molecule has 0 fully saturated rings. The lowest BCUT2D eigenvalue weighted by atomic mass is 10.2. The van der Waals surface area contributed by atoms with Crippen molar-refractivity contribution < 1.29 is 14.5 Å². The highest BCUT2D eigenvalue weighted by atomic mass is 35.5. The lowest BCUT2D eigenvalue weighted by Crippen LogP contribution is -2.13. The highest BCUT2D eigenvalue weighted by Crippen LogP contribution is 2.35. The molecule has 0 radical (unpaired) electrons. The zero-order valence-corrected chi connectivity index (χ0v) is 16.3. The Morgan fingerprint density at radius 2 is 1.81 bits per heavy atom. The molecule has 0 bridgehead atoms. The number of carbonyl (C=O) groups excluding carboxylic acids is 1. The number of hydrogen-bond donors (Lipinski definition) is 1. The third-order valence-electron chi connectivity index (χ3n) is 3.85. The molecule has 2 aromatic carbocycles. The summed E-state index contributed by atoms with van der Waals surface area (Å²) in [4.78, 5) is 22.9. The Kier molecular flexibility index (Phi) is 7.88. The van der Waals surface area contributed by atoms with Gasteiger partial charge in [-0.1, -0.05) is 61.5 Å². The molecule has 0 unspecified atom stereocenters. The first kappa shape index (κ1) is 21.0. The van der Waals surface area contributed by atoms with Gasteiger partial charge in [-0.3, -0.25) is 14.9 Å². The molecule has 0 spiro atoms. The van der Waals surface area contributed by atoms with Gasteiger partial charge in [0.1, 0.15) is 5.69 Å². The molecule has 0 aliphatic carbocycles. The van der Waals surface area contributed by atoms with Crippen molar-refractivity contribution in [1.82, 2.24) is 0 Å². The molecular formula is C19H20Cl2N2O4. The molecule has 2 aromatic rings. The molecule has 1 amide bonds. The van der Waals surface area contributed by atoms with E-state index in [1.165, 1.54) is 30.3 Å². The monoisotopic (exact) mass is 410 g/mol. The van der Waals surface area contributed by atoms with Gasteiger partial charge in [-0.2, -0.15) is 0 Å². The van der Waals surface area contributed by atoms with Crippen LogP contribution in [0.25, 0.3) is 0 Å². The predicted molar refractivity (Wildman–Crippen MR) is 107 cm³/mol. The Morgan fingerprint density at radius 1 is 1.15 bits per heavy atom. The Hall–Kier alpha value is -2.31. The smallest absolute Gasteiger partial charge is 0.292 e. The van der Waals surface area contributed by atoms with E-state index < -0.39 is 10.8 Å². The Morgan fingerprint density at radius 3 is 2.44 bits per heavy atom. The Bertz CT molecular complexity index is 804. The number of carbonyl (C=O) groups is 1. The number of nitrogens with zero attached hydrogens (tertiary/aromatic N) is 1. The summed E-state index contributed by atoms with van der Waals surface area (Å²) < 4.78 is 5.63. The number of nitrogens with one attached hydrogen (secondary N) is 1. The largest absolute Gasteiger partial charge is 0.490 e. The number of unbranched alkanes of at least 4 members (excludes halogenated alkanes) is 3. The molecule has 1 N–H and O–H groups in total. The first-order valence-corrected chi connectivity index (χ1v) is 9.36. The first-order valence-electron chi connectivity index (χ1n) is 8.60. The van der Waals surface area contributed by atoms with Crippen LogP contribution >= 0.6 is 23.2 Å². The van der Waals surface area contributed by atoms with Gasteiger partial charge in [0.05, 0.1) is 21.6 Å². The quantitative estimate of drug-likeness (QED) is 0.307. The summed E-state index contributed by atoms with van der Waals surface area (Å²) in [5.41, 5.74) is 0.0764. The molecule has 0 atom stereocenters. The van der Waals surface area contributed by atoms with Crippen molar-refractivity contribution in [3.63, 3.8) is 0 Å². The second-order valence-electron chi connectivity index (χ2n) is 5.91. The number of anilines is 1. The first-order chi connectivity index (χ1) is 12.9. The number of para-hydroxylation sites is 2. The van der Waals surface area contributed by atoms with Gasteiger partial charge in [0.15, 0.2) is 5.75 Å². The fourth-order valence-electron chi connectivity index (χ4n) is 2.46. The average molecular weight is 411 g/mol. The van der Waals surface area contributed by atoms with E-state index in [1.54, 1.807) is 6.07 Å². The van der Waals surface area contributed by atoms with Gasteiger partial charge < -0.3 is 10.1 Å². The third-order valence-corrected chi connectivity index (χ3v) is 4.42. The summed E-state index contributed by atoms with van der Waals surface area (Å²) >= 11 is 12.4. The van der Waals surface area contributed by atoms with Crippen LogP contribution in [0.1, 0.15) is 43.0 Å². The standard InChI is InChI=1S/C19H20Cl2N2O4/c1-2-3-4-7-10-27-18-14(20)11-13(12-15(18)21)19(24)22-16-8-5-6-9-17(16)23(25)26/h5-6,8-9,11-12H,2-4,7,10H2,1H3,(H,22,24). The number of hydrogen-bond acceptors (Lipinski definition) is 4. The number of benzene rings is 2. The fourth-order valence-corrected chi connectivity index (χ4v) is 3.06. The van der Waals surface area contributed by atoms with Crippen LogP contribution in [0.2, 0.25) is 10.0 Å². The third kappa shape index (κ3) is 5.84. The summed E-state index contributed by atoms with van der Waals surface area (Å²) in [6, 6.07) is 8.74. The maximum atomic E-state index is 12.4. The summed E-state index contributed by atoms with van der Waals surface area (Å²) in [6.45, 7) is 2.61. The van der Waals surface area contributed by atoms with Crippen molar-refractivity contribution in [3.05, 3.63) is 62.1 Å². The number of ether oxygens (including phenoxy) is 1. The highest BCUT2D eigenvalue weighted by Gasteiger charge is 2.18. The van der Waals surface area contributed by atoms with Crippen molar-refractivity contribution >= 4 is 40.5 Å². The van der Waals surface area contributed by atoms with E-state index in [4.69, 9.17) is 27.9 Å². The predicted octanol–water partition coefficient (Wildman–Crippen LogP) is 6.11. The summed E-state index contributed by atoms with van der Waals surface area (Å²) in [7, 11) is 0. The van der Waals surface area contributed by atoms with E-state index in [9.17, 15) is 14.9 Å². The van der Waals surface area contributed by atoms with Crippen LogP contribution in [0.3, 0.4) is 0 Å². The molecule has 27 heavy (non-hydrogen) atoms. The van der Waals surface area contributed by atoms with Gasteiger partial charge in [-0.15, -0.1) is 0 Å². The van der Waals surface area contributed by atoms with Crippen molar-refractivity contribution in [2.45, 2.75) is 32.6 Å². The molecule has 0 saturated carbocycles. The second kappa shape index (κ2) is 10.1. The number of rotatable bonds is 9. The molecule has 0 aliphatic rings. The van der Waals surface area contributed by atoms with Gasteiger partial charge in [0.2, 0.25) is 0 Å². The SMILES string of the molecule is CCCCCCOc1c(Cl)cc(C(=O)Nc2ccccc2[N+](=O)[O-])cc1Cl. The zero-order valence-electron chi connectivity index (χ0n) is 14.8. The van der Waals surface area contributed by atoms with Crippen LogP contribution in [0.15, 0.2) is 36.4 Å². The van der Waals surface area contributed by atoms with Crippen LogP contribution in [-0.4, -0.2) is 17.4 Å². The molecule has 6 nitrogen and oxygen atoms in total. The maximum absolute atomic E-state index is 12.4. The maximum Gasteiger partial charge on any atom is 0.292 e. The molecule has 0 saturated heterocycles. The summed E-state index contributed by atoms with van der Waals surface area (Å²) in [5, 5.41) is 14.0. The van der Waals surface area contributed by atoms with Gasteiger partial charge in [-0.05, 0) is 24.6 Å². The van der Waals surface area contributed by atoms with Crippen LogP contribution in [0.5, 0.6) is 5.75 Å². The normalized spacial score (nSPS) is 10.5. The number of amides is 1. The van der Waals surface area contributed by atoms with Gasteiger partial charge in [-0.25, -0.2) is 0 Å². The van der Waals surface area contributed by atoms with Crippen LogP contribution < -0.4 is 10.1 Å². The van der Waals surface area contributed by atoms with E-state index in [0.29, 0.717) is 12.4 Å². The molecule has 0 aliphatic heterocycles. The van der Waals surface area contributed by atoms with Crippen LogP contribution in [0.4, 0.5) is 11.4 Å². The van der Waals surface area contributed by atoms with E-state index in [2.05, 4.69) is 12.2 Å². The van der Waals surface area contributed by atoms with E-state index in [-0.39, 0.29) is 27.0 Å². The van der Waals surface area contributed by atoms with Crippen molar-refractivity contribution in [2.24, 2.45) is 0 Å². The molecule has 2 rings (SSSR count). The minimum Gasteiger partial charge on any atom is -0.490 e. The second-order valence-corrected chi connectivity index (χ2v) is 6.72. The topological polar surface area (TPSA) is 81.5 Å². The molecule has 144 valence electrons. The summed E-state index contributed by atoms with van der Waals surface area (Å²) in [6.07, 6.45) is 4.21. The number of nitro benzene ring substituents is 1. The van der Waals surface area contributed by atoms with Gasteiger partial charge in [0, 0.05) is 11.6 Å². The fraction of sp³-hybridized carbons (Fsp3) is 0.316. The zero-order chi connectivity index (χ0) is 19.8. The van der Waals surface area contributed by atoms with Crippen molar-refractivity contribution in [2.75, 3.05) is 11.9 Å². The van der Waals surface area contributed by atoms with E-state index in [1.807, 2.05) is 0 Å². The van der Waals surface area contributed by atoms with E-state index in [0.717, 1.165) is 25.7 Å². The molecule has 0 heterocycles. The van der Waals surface area contributed by atoms with Crippen molar-refractivity contribution in [3.8, 4) is 5.75 Å². The van der Waals surface area contributed by atoms with Crippen LogP contribution in [0, 0.1) is 10.1 Å². The van der Waals surface area contributed by atoms with Gasteiger partial charge in [0.25, 0.3) is 11.6 Å².